The molecule has 0 radical (unpaired) electrons. The van der Waals surface area contributed by atoms with Crippen LogP contribution in [0, 0.1) is 0 Å². The summed E-state index contributed by atoms with van der Waals surface area (Å²) < 4.78 is 44.7. The number of fused-ring (bicyclic) bond motifs is 1. The Labute approximate surface area is 152 Å². The molecule has 2 aliphatic rings. The number of hydrogen-bond donors (Lipinski definition) is 1. The van der Waals surface area contributed by atoms with E-state index >= 15 is 0 Å². The van der Waals surface area contributed by atoms with Crippen molar-refractivity contribution in [1.82, 2.24) is 9.62 Å². The summed E-state index contributed by atoms with van der Waals surface area (Å²) in [6, 6.07) is 8.28. The van der Waals surface area contributed by atoms with Crippen LogP contribution >= 0.6 is 0 Å². The van der Waals surface area contributed by atoms with Crippen molar-refractivity contribution in [3.63, 3.8) is 0 Å². The highest BCUT2D eigenvalue weighted by atomic mass is 32.2. The lowest BCUT2D eigenvalue weighted by Gasteiger charge is -2.26. The van der Waals surface area contributed by atoms with E-state index < -0.39 is 10.0 Å². The Morgan fingerprint density at radius 1 is 1.08 bits per heavy atom. The minimum atomic E-state index is -3.66. The number of likely N-dealkylation sites (tertiary alicyclic amines) is 1. The summed E-state index contributed by atoms with van der Waals surface area (Å²) in [5, 5.41) is 0. The van der Waals surface area contributed by atoms with Crippen molar-refractivity contribution in [2.75, 3.05) is 32.8 Å². The van der Waals surface area contributed by atoms with Gasteiger partial charge in [-0.15, -0.1) is 0 Å². The summed E-state index contributed by atoms with van der Waals surface area (Å²) in [5.74, 6) is 1.80. The number of sulfonamides is 1. The van der Waals surface area contributed by atoms with Gasteiger partial charge in [0.05, 0.1) is 17.2 Å². The van der Waals surface area contributed by atoms with Crippen LogP contribution in [0.25, 0.3) is 0 Å². The van der Waals surface area contributed by atoms with E-state index in [1.54, 1.807) is 12.3 Å². The fraction of sp³-hybridized carbons (Fsp3) is 0.444. The third-order valence-electron chi connectivity index (χ3n) is 4.74. The van der Waals surface area contributed by atoms with Gasteiger partial charge in [-0.05, 0) is 50.2 Å². The average molecular weight is 378 g/mol. The van der Waals surface area contributed by atoms with Crippen molar-refractivity contribution >= 4 is 10.0 Å². The van der Waals surface area contributed by atoms with Crippen molar-refractivity contribution in [2.45, 2.75) is 23.8 Å². The molecule has 1 N–H and O–H groups in total. The second-order valence-electron chi connectivity index (χ2n) is 6.43. The van der Waals surface area contributed by atoms with E-state index in [1.807, 2.05) is 12.1 Å². The molecular formula is C18H22N2O5S. The molecule has 140 valence electrons. The average Bonchev–Trinajstić information content (AvgIpc) is 3.36. The summed E-state index contributed by atoms with van der Waals surface area (Å²) in [7, 11) is -3.66. The number of hydrogen-bond acceptors (Lipinski definition) is 6. The predicted molar refractivity (Wildman–Crippen MR) is 94.9 cm³/mol. The summed E-state index contributed by atoms with van der Waals surface area (Å²) in [4.78, 5) is 2.42. The molecule has 2 aliphatic heterocycles. The Balaban J connectivity index is 1.51. The monoisotopic (exact) mass is 378 g/mol. The molecule has 8 heteroatoms. The number of benzene rings is 1. The Bertz CT molecular complexity index is 844. The van der Waals surface area contributed by atoms with E-state index in [0.29, 0.717) is 24.7 Å². The van der Waals surface area contributed by atoms with Gasteiger partial charge in [-0.1, -0.05) is 0 Å². The van der Waals surface area contributed by atoms with Crippen molar-refractivity contribution in [1.29, 1.82) is 0 Å². The Hall–Kier alpha value is -2.03. The molecule has 1 saturated heterocycles. The minimum absolute atomic E-state index is 0.112. The van der Waals surface area contributed by atoms with Gasteiger partial charge in [-0.25, -0.2) is 13.1 Å². The zero-order chi connectivity index (χ0) is 18.0. The highest BCUT2D eigenvalue weighted by Crippen LogP contribution is 2.32. The van der Waals surface area contributed by atoms with Gasteiger partial charge in [-0.3, -0.25) is 4.90 Å². The zero-order valence-electron chi connectivity index (χ0n) is 14.4. The minimum Gasteiger partial charge on any atom is -0.486 e. The van der Waals surface area contributed by atoms with E-state index in [1.165, 1.54) is 12.1 Å². The van der Waals surface area contributed by atoms with Gasteiger partial charge >= 0.3 is 0 Å². The highest BCUT2D eigenvalue weighted by Gasteiger charge is 2.28. The highest BCUT2D eigenvalue weighted by molar-refractivity contribution is 7.89. The first-order valence-corrected chi connectivity index (χ1v) is 10.3. The molecular weight excluding hydrogens is 356 g/mol. The molecule has 0 bridgehead atoms. The molecule has 0 amide bonds. The SMILES string of the molecule is O=S(=O)(NC[C@H](c1ccco1)N1CCCC1)c1ccc2c(c1)OCCO2. The number of nitrogens with zero attached hydrogens (tertiary/aromatic N) is 1. The second kappa shape index (κ2) is 7.30. The first kappa shape index (κ1) is 17.4. The van der Waals surface area contributed by atoms with Crippen LogP contribution < -0.4 is 14.2 Å². The lowest BCUT2D eigenvalue weighted by molar-refractivity contribution is 0.171. The molecule has 0 saturated carbocycles. The van der Waals surface area contributed by atoms with Crippen LogP contribution in [0.4, 0.5) is 0 Å². The number of nitrogens with one attached hydrogen (secondary N) is 1. The van der Waals surface area contributed by atoms with Crippen molar-refractivity contribution in [2.24, 2.45) is 0 Å². The van der Waals surface area contributed by atoms with E-state index in [9.17, 15) is 8.42 Å². The van der Waals surface area contributed by atoms with Crippen LogP contribution in [-0.4, -0.2) is 46.2 Å². The fourth-order valence-corrected chi connectivity index (χ4v) is 4.46. The van der Waals surface area contributed by atoms with Crippen LogP contribution in [0.2, 0.25) is 0 Å². The van der Waals surface area contributed by atoms with Gasteiger partial charge in [0.1, 0.15) is 19.0 Å². The lowest BCUT2D eigenvalue weighted by Crippen LogP contribution is -2.36. The second-order valence-corrected chi connectivity index (χ2v) is 8.20. The van der Waals surface area contributed by atoms with Crippen LogP contribution in [0.3, 0.4) is 0 Å². The van der Waals surface area contributed by atoms with Crippen molar-refractivity contribution in [3.8, 4) is 11.5 Å². The van der Waals surface area contributed by atoms with E-state index in [4.69, 9.17) is 13.9 Å². The summed E-state index contributed by atoms with van der Waals surface area (Å²) in [6.07, 6.45) is 3.85. The first-order valence-electron chi connectivity index (χ1n) is 8.80. The molecule has 4 rings (SSSR count). The molecule has 3 heterocycles. The van der Waals surface area contributed by atoms with Gasteiger partial charge in [0, 0.05) is 12.6 Å². The van der Waals surface area contributed by atoms with Crippen LogP contribution in [0.15, 0.2) is 45.9 Å². The first-order chi connectivity index (χ1) is 12.6. The van der Waals surface area contributed by atoms with Crippen LogP contribution in [-0.2, 0) is 10.0 Å². The van der Waals surface area contributed by atoms with Gasteiger partial charge in [0.25, 0.3) is 0 Å². The molecule has 26 heavy (non-hydrogen) atoms. The van der Waals surface area contributed by atoms with Gasteiger partial charge < -0.3 is 13.9 Å². The third-order valence-corrected chi connectivity index (χ3v) is 6.16. The Morgan fingerprint density at radius 2 is 1.85 bits per heavy atom. The maximum absolute atomic E-state index is 12.8. The van der Waals surface area contributed by atoms with Crippen molar-refractivity contribution < 1.29 is 22.3 Å². The quantitative estimate of drug-likeness (QED) is 0.830. The number of furan rings is 1. The Morgan fingerprint density at radius 3 is 2.58 bits per heavy atom. The molecule has 0 aliphatic carbocycles. The number of rotatable bonds is 6. The molecule has 1 atom stereocenters. The van der Waals surface area contributed by atoms with Gasteiger partial charge in [-0.2, -0.15) is 0 Å². The van der Waals surface area contributed by atoms with E-state index in [0.717, 1.165) is 31.7 Å². The summed E-state index contributed by atoms with van der Waals surface area (Å²) >= 11 is 0. The summed E-state index contributed by atoms with van der Waals surface area (Å²) in [5.41, 5.74) is 0. The van der Waals surface area contributed by atoms with E-state index in [-0.39, 0.29) is 17.5 Å². The third kappa shape index (κ3) is 3.58. The van der Waals surface area contributed by atoms with E-state index in [2.05, 4.69) is 9.62 Å². The zero-order valence-corrected chi connectivity index (χ0v) is 15.2. The van der Waals surface area contributed by atoms with Crippen LogP contribution in [0.5, 0.6) is 11.5 Å². The number of ether oxygens (including phenoxy) is 2. The molecule has 2 aromatic rings. The fourth-order valence-electron chi connectivity index (χ4n) is 3.41. The standard InChI is InChI=1S/C18H22N2O5S/c21-26(22,14-5-6-17-18(12-14)25-11-10-24-17)19-13-15(16-4-3-9-23-16)20-7-1-2-8-20/h3-6,9,12,15,19H,1-2,7-8,10-11,13H2/t15-/m1/s1. The lowest BCUT2D eigenvalue weighted by atomic mass is 10.2. The smallest absolute Gasteiger partial charge is 0.240 e. The molecule has 1 fully saturated rings. The maximum Gasteiger partial charge on any atom is 0.240 e. The van der Waals surface area contributed by atoms with Crippen LogP contribution in [0.1, 0.15) is 24.6 Å². The maximum atomic E-state index is 12.8. The largest absolute Gasteiger partial charge is 0.486 e. The van der Waals surface area contributed by atoms with Crippen molar-refractivity contribution in [3.05, 3.63) is 42.4 Å². The predicted octanol–water partition coefficient (Wildman–Crippen LogP) is 2.17. The molecule has 1 aromatic carbocycles. The topological polar surface area (TPSA) is 81.0 Å². The normalized spacial score (nSPS) is 18.8. The molecule has 1 aromatic heterocycles. The Kier molecular flexibility index (Phi) is 4.88. The van der Waals surface area contributed by atoms with Gasteiger partial charge in [0.2, 0.25) is 10.0 Å². The molecule has 7 nitrogen and oxygen atoms in total. The molecule has 0 spiro atoms. The molecule has 0 unspecified atom stereocenters. The van der Waals surface area contributed by atoms with Gasteiger partial charge in [0.15, 0.2) is 11.5 Å². The summed E-state index contributed by atoms with van der Waals surface area (Å²) in [6.45, 7) is 3.02.